The topological polar surface area (TPSA) is 67.4 Å². The van der Waals surface area contributed by atoms with Gasteiger partial charge < -0.3 is 15.4 Å². The number of hydrogen-bond acceptors (Lipinski definition) is 3. The minimum absolute atomic E-state index is 0.0622. The van der Waals surface area contributed by atoms with Gasteiger partial charge in [-0.3, -0.25) is 9.59 Å². The largest absolute Gasteiger partial charge is 0.484 e. The predicted octanol–water partition coefficient (Wildman–Crippen LogP) is 4.46. The van der Waals surface area contributed by atoms with E-state index in [4.69, 9.17) is 4.74 Å². The quantitative estimate of drug-likeness (QED) is 0.555. The Balaban J connectivity index is 1.43. The number of aryl methyl sites for hydroxylation is 1. The van der Waals surface area contributed by atoms with Gasteiger partial charge >= 0.3 is 0 Å². The molecule has 3 rings (SSSR count). The Kier molecular flexibility index (Phi) is 7.61. The van der Waals surface area contributed by atoms with Crippen LogP contribution in [0.5, 0.6) is 5.75 Å². The molecule has 0 heterocycles. The number of amides is 2. The van der Waals surface area contributed by atoms with Gasteiger partial charge in [-0.15, -0.1) is 0 Å². The fourth-order valence-corrected chi connectivity index (χ4v) is 2.97. The number of carbonyl (C=O) groups excluding carboxylic acids is 2. The minimum atomic E-state index is -0.259. The second-order valence-corrected chi connectivity index (χ2v) is 7.13. The van der Waals surface area contributed by atoms with Gasteiger partial charge in [0.2, 0.25) is 0 Å². The Morgan fingerprint density at radius 3 is 2.17 bits per heavy atom. The van der Waals surface area contributed by atoms with Crippen molar-refractivity contribution < 1.29 is 14.3 Å². The van der Waals surface area contributed by atoms with Gasteiger partial charge in [-0.05, 0) is 61.7 Å². The Labute approximate surface area is 177 Å². The van der Waals surface area contributed by atoms with Crippen molar-refractivity contribution >= 4 is 17.5 Å². The van der Waals surface area contributed by atoms with Crippen LogP contribution in [0.3, 0.4) is 0 Å². The summed E-state index contributed by atoms with van der Waals surface area (Å²) in [5, 5.41) is 5.78. The normalized spacial score (nSPS) is 11.4. The number of rotatable bonds is 9. The molecule has 0 aliphatic heterocycles. The molecule has 30 heavy (non-hydrogen) atoms. The number of carbonyl (C=O) groups is 2. The zero-order chi connectivity index (χ0) is 21.2. The summed E-state index contributed by atoms with van der Waals surface area (Å²) >= 11 is 0. The van der Waals surface area contributed by atoms with Crippen molar-refractivity contribution in [2.24, 2.45) is 0 Å². The number of nitrogens with one attached hydrogen (secondary N) is 2. The van der Waals surface area contributed by atoms with Crippen LogP contribution in [0.4, 0.5) is 5.69 Å². The molecule has 0 spiro atoms. The summed E-state index contributed by atoms with van der Waals surface area (Å²) in [7, 11) is 0. The van der Waals surface area contributed by atoms with Gasteiger partial charge in [0.1, 0.15) is 5.75 Å². The van der Waals surface area contributed by atoms with E-state index in [2.05, 4.69) is 22.8 Å². The van der Waals surface area contributed by atoms with Crippen molar-refractivity contribution in [2.75, 3.05) is 11.9 Å². The molecule has 5 nitrogen and oxygen atoms in total. The molecule has 0 radical (unpaired) electrons. The molecule has 2 N–H and O–H groups in total. The van der Waals surface area contributed by atoms with Crippen LogP contribution in [0.15, 0.2) is 84.9 Å². The second-order valence-electron chi connectivity index (χ2n) is 7.13. The Morgan fingerprint density at radius 2 is 1.50 bits per heavy atom. The molecule has 0 aliphatic carbocycles. The maximum Gasteiger partial charge on any atom is 0.262 e. The van der Waals surface area contributed by atoms with Crippen LogP contribution in [0.25, 0.3) is 0 Å². The second kappa shape index (κ2) is 10.8. The van der Waals surface area contributed by atoms with Crippen LogP contribution in [0, 0.1) is 0 Å². The average molecular weight is 402 g/mol. The van der Waals surface area contributed by atoms with Crippen LogP contribution >= 0.6 is 0 Å². The van der Waals surface area contributed by atoms with E-state index in [1.807, 2.05) is 43.3 Å². The zero-order valence-electron chi connectivity index (χ0n) is 17.0. The lowest BCUT2D eigenvalue weighted by Gasteiger charge is -2.14. The lowest BCUT2D eigenvalue weighted by atomic mass is 10.1. The number of para-hydroxylation sites is 1. The van der Waals surface area contributed by atoms with Crippen molar-refractivity contribution in [3.8, 4) is 5.75 Å². The van der Waals surface area contributed by atoms with E-state index in [-0.39, 0.29) is 24.5 Å². The first-order valence-electron chi connectivity index (χ1n) is 10.0. The molecule has 0 saturated heterocycles. The van der Waals surface area contributed by atoms with Crippen LogP contribution in [-0.2, 0) is 11.2 Å². The first-order chi connectivity index (χ1) is 14.6. The Bertz CT molecular complexity index is 941. The molecular formula is C25H26N2O3. The third kappa shape index (κ3) is 6.78. The molecule has 0 unspecified atom stereocenters. The van der Waals surface area contributed by atoms with Gasteiger partial charge in [0, 0.05) is 17.3 Å². The van der Waals surface area contributed by atoms with Crippen molar-refractivity contribution in [1.82, 2.24) is 5.32 Å². The Hall–Kier alpha value is -3.60. The van der Waals surface area contributed by atoms with E-state index in [0.29, 0.717) is 17.0 Å². The van der Waals surface area contributed by atoms with Gasteiger partial charge in [-0.25, -0.2) is 0 Å². The summed E-state index contributed by atoms with van der Waals surface area (Å²) in [5.74, 6) is 0.257. The van der Waals surface area contributed by atoms with E-state index >= 15 is 0 Å². The van der Waals surface area contributed by atoms with Gasteiger partial charge in [0.25, 0.3) is 11.8 Å². The van der Waals surface area contributed by atoms with Crippen molar-refractivity contribution in [1.29, 1.82) is 0 Å². The highest BCUT2D eigenvalue weighted by Gasteiger charge is 2.11. The first-order valence-corrected chi connectivity index (χ1v) is 10.0. The standard InChI is InChI=1S/C25H26N2O3/c1-19(12-13-20-8-4-2-5-9-20)26-25(29)21-14-16-22(17-15-21)27-24(28)18-30-23-10-6-3-7-11-23/h2-11,14-17,19H,12-13,18H2,1H3,(H,26,29)(H,27,28)/t19-/m0/s1. The van der Waals surface area contributed by atoms with Crippen molar-refractivity contribution in [3.05, 3.63) is 96.1 Å². The molecule has 0 fully saturated rings. The molecule has 0 bridgehead atoms. The van der Waals surface area contributed by atoms with Crippen LogP contribution in [0.1, 0.15) is 29.3 Å². The number of hydrogen-bond donors (Lipinski definition) is 2. The fourth-order valence-electron chi connectivity index (χ4n) is 2.97. The molecule has 154 valence electrons. The highest BCUT2D eigenvalue weighted by Crippen LogP contribution is 2.12. The predicted molar refractivity (Wildman–Crippen MR) is 119 cm³/mol. The fraction of sp³-hybridized carbons (Fsp3) is 0.200. The number of benzene rings is 3. The van der Waals surface area contributed by atoms with E-state index in [9.17, 15) is 9.59 Å². The lowest BCUT2D eigenvalue weighted by molar-refractivity contribution is -0.118. The highest BCUT2D eigenvalue weighted by molar-refractivity contribution is 5.96. The van der Waals surface area contributed by atoms with Gasteiger partial charge in [-0.2, -0.15) is 0 Å². The molecule has 3 aromatic rings. The molecule has 1 atom stereocenters. The van der Waals surface area contributed by atoms with E-state index in [1.54, 1.807) is 36.4 Å². The summed E-state index contributed by atoms with van der Waals surface area (Å²) in [6, 6.07) is 26.3. The number of anilines is 1. The zero-order valence-corrected chi connectivity index (χ0v) is 17.0. The van der Waals surface area contributed by atoms with Crippen LogP contribution < -0.4 is 15.4 Å². The summed E-state index contributed by atoms with van der Waals surface area (Å²) in [6.45, 7) is 1.92. The van der Waals surface area contributed by atoms with Gasteiger partial charge in [0.15, 0.2) is 6.61 Å². The SMILES string of the molecule is C[C@@H](CCc1ccccc1)NC(=O)c1ccc(NC(=O)COc2ccccc2)cc1. The molecule has 0 aromatic heterocycles. The Morgan fingerprint density at radius 1 is 0.867 bits per heavy atom. The van der Waals surface area contributed by atoms with Crippen molar-refractivity contribution in [2.45, 2.75) is 25.8 Å². The maximum atomic E-state index is 12.4. The molecule has 0 saturated carbocycles. The van der Waals surface area contributed by atoms with Crippen LogP contribution in [-0.4, -0.2) is 24.5 Å². The number of ether oxygens (including phenoxy) is 1. The smallest absolute Gasteiger partial charge is 0.262 e. The van der Waals surface area contributed by atoms with E-state index < -0.39 is 0 Å². The third-order valence-electron chi connectivity index (χ3n) is 4.63. The third-order valence-corrected chi connectivity index (χ3v) is 4.63. The molecule has 5 heteroatoms. The summed E-state index contributed by atoms with van der Waals surface area (Å²) < 4.78 is 5.42. The molecule has 2 amide bonds. The molecule has 3 aromatic carbocycles. The lowest BCUT2D eigenvalue weighted by Crippen LogP contribution is -2.32. The first kappa shape index (κ1) is 21.1. The van der Waals surface area contributed by atoms with Gasteiger partial charge in [-0.1, -0.05) is 48.5 Å². The summed E-state index contributed by atoms with van der Waals surface area (Å²) in [4.78, 5) is 24.5. The highest BCUT2D eigenvalue weighted by atomic mass is 16.5. The summed E-state index contributed by atoms with van der Waals surface area (Å²) in [5.41, 5.74) is 2.43. The van der Waals surface area contributed by atoms with Gasteiger partial charge in [0.05, 0.1) is 0 Å². The van der Waals surface area contributed by atoms with Crippen LogP contribution in [0.2, 0.25) is 0 Å². The summed E-state index contributed by atoms with van der Waals surface area (Å²) in [6.07, 6.45) is 1.78. The van der Waals surface area contributed by atoms with E-state index in [1.165, 1.54) is 5.56 Å². The average Bonchev–Trinajstić information content (AvgIpc) is 2.78. The van der Waals surface area contributed by atoms with Crippen molar-refractivity contribution in [3.63, 3.8) is 0 Å². The maximum absolute atomic E-state index is 12.4. The molecular weight excluding hydrogens is 376 g/mol. The van der Waals surface area contributed by atoms with E-state index in [0.717, 1.165) is 12.8 Å². The minimum Gasteiger partial charge on any atom is -0.484 e. The molecule has 0 aliphatic rings. The monoisotopic (exact) mass is 402 g/mol.